The van der Waals surface area contributed by atoms with Crippen molar-refractivity contribution < 1.29 is 43.1 Å². The second kappa shape index (κ2) is 36.5. The molecule has 4 aromatic carbocycles. The molecule has 454 valence electrons. The van der Waals surface area contributed by atoms with Crippen LogP contribution in [0.1, 0.15) is 195 Å². The Morgan fingerprint density at radius 3 is 1.45 bits per heavy atom. The molecule has 4 atom stereocenters. The number of ether oxygens (including phenoxy) is 4. The molecule has 1 aliphatic rings. The highest BCUT2D eigenvalue weighted by atomic mass is 17.2. The number of anilines is 5. The highest BCUT2D eigenvalue weighted by Crippen LogP contribution is 2.29. The predicted octanol–water partition coefficient (Wildman–Crippen LogP) is 17.3. The molecule has 19 heteroatoms. The van der Waals surface area contributed by atoms with Crippen LogP contribution >= 0.6 is 0 Å². The average molecular weight is 1160 g/mol. The monoisotopic (exact) mass is 1150 g/mol. The number of benzene rings is 4. The molecule has 2 N–H and O–H groups in total. The fourth-order valence-corrected chi connectivity index (χ4v) is 9.23. The summed E-state index contributed by atoms with van der Waals surface area (Å²) in [6, 6.07) is 24.5. The average Bonchev–Trinajstić information content (AvgIpc) is 3.69. The van der Waals surface area contributed by atoms with E-state index in [2.05, 4.69) is 79.6 Å². The summed E-state index contributed by atoms with van der Waals surface area (Å²) in [6.07, 6.45) is 15.2. The molecular weight excluding hydrogens is 1060 g/mol. The Balaban J connectivity index is 1.17. The minimum absolute atomic E-state index is 0.0159. The Kier molecular flexibility index (Phi) is 28.6. The summed E-state index contributed by atoms with van der Waals surface area (Å²) in [4.78, 5) is 68.3. The number of azo groups is 2. The van der Waals surface area contributed by atoms with Crippen LogP contribution in [0.3, 0.4) is 0 Å². The summed E-state index contributed by atoms with van der Waals surface area (Å²) >= 11 is 0. The number of unbranched alkanes of at least 4 members (excludes halogenated alkanes) is 4. The van der Waals surface area contributed by atoms with Crippen LogP contribution in [0.15, 0.2) is 105 Å². The first-order valence-corrected chi connectivity index (χ1v) is 30.7. The summed E-state index contributed by atoms with van der Waals surface area (Å²) in [5.41, 5.74) is 4.73. The lowest BCUT2D eigenvalue weighted by Gasteiger charge is -2.27. The van der Waals surface area contributed by atoms with Crippen LogP contribution < -0.4 is 15.5 Å². The smallest absolute Gasteiger partial charge is 0.338 e. The number of carbonyl (C=O) groups is 3. The van der Waals surface area contributed by atoms with E-state index in [1.54, 1.807) is 36.4 Å². The lowest BCUT2D eigenvalue weighted by molar-refractivity contribution is -0.334. The zero-order chi connectivity index (χ0) is 59.9. The Hall–Kier alpha value is -7.22. The number of nitrogens with one attached hydrogen (secondary N) is 2. The van der Waals surface area contributed by atoms with E-state index < -0.39 is 17.9 Å². The van der Waals surface area contributed by atoms with Gasteiger partial charge in [0.15, 0.2) is 0 Å². The van der Waals surface area contributed by atoms with Gasteiger partial charge in [-0.25, -0.2) is 24.2 Å². The molecule has 2 heterocycles. The third kappa shape index (κ3) is 22.4. The van der Waals surface area contributed by atoms with Crippen molar-refractivity contribution >= 4 is 69.9 Å². The summed E-state index contributed by atoms with van der Waals surface area (Å²) in [7, 11) is 0. The molecule has 1 aliphatic heterocycles. The van der Waals surface area contributed by atoms with Crippen LogP contribution in [0.4, 0.5) is 52.0 Å². The van der Waals surface area contributed by atoms with Gasteiger partial charge in [0, 0.05) is 24.5 Å². The van der Waals surface area contributed by atoms with E-state index in [0.29, 0.717) is 103 Å². The number of carbonyl (C=O) groups excluding carboxylic acids is 3. The van der Waals surface area contributed by atoms with E-state index >= 15 is 0 Å². The van der Waals surface area contributed by atoms with Crippen molar-refractivity contribution in [3.63, 3.8) is 0 Å². The Morgan fingerprint density at radius 1 is 0.524 bits per heavy atom. The van der Waals surface area contributed by atoms with E-state index in [4.69, 9.17) is 43.7 Å². The summed E-state index contributed by atoms with van der Waals surface area (Å²) in [5.74, 6) is 0.119. The second-order valence-corrected chi connectivity index (χ2v) is 21.4. The first-order chi connectivity index (χ1) is 41.0. The van der Waals surface area contributed by atoms with Gasteiger partial charge in [0.1, 0.15) is 12.7 Å². The van der Waals surface area contributed by atoms with Gasteiger partial charge in [-0.05, 0) is 141 Å². The van der Waals surface area contributed by atoms with Crippen molar-refractivity contribution in [2.24, 2.45) is 32.3 Å². The zero-order valence-corrected chi connectivity index (χ0v) is 50.9. The van der Waals surface area contributed by atoms with Gasteiger partial charge in [-0.2, -0.15) is 35.4 Å². The van der Waals surface area contributed by atoms with Gasteiger partial charge >= 0.3 is 17.9 Å². The third-order valence-corrected chi connectivity index (χ3v) is 14.7. The Morgan fingerprint density at radius 2 is 0.976 bits per heavy atom. The normalized spacial score (nSPS) is 14.1. The summed E-state index contributed by atoms with van der Waals surface area (Å²) in [6.45, 7) is 19.9. The van der Waals surface area contributed by atoms with Gasteiger partial charge in [-0.15, -0.1) is 0 Å². The van der Waals surface area contributed by atoms with Crippen LogP contribution in [-0.4, -0.2) is 84.6 Å². The van der Waals surface area contributed by atoms with Gasteiger partial charge in [-0.1, -0.05) is 120 Å². The van der Waals surface area contributed by atoms with Crippen LogP contribution in [-0.2, 0) is 35.3 Å². The van der Waals surface area contributed by atoms with Crippen molar-refractivity contribution in [2.75, 3.05) is 55.1 Å². The van der Waals surface area contributed by atoms with Gasteiger partial charge in [0.05, 0.1) is 72.0 Å². The maximum Gasteiger partial charge on any atom is 0.338 e. The molecule has 0 saturated carbocycles. The molecule has 0 radical (unpaired) electrons. The van der Waals surface area contributed by atoms with Gasteiger partial charge < -0.3 is 34.5 Å². The molecule has 1 saturated heterocycles. The molecule has 0 bridgehead atoms. The first-order valence-electron chi connectivity index (χ1n) is 30.7. The van der Waals surface area contributed by atoms with Gasteiger partial charge in [0.25, 0.3) is 0 Å². The van der Waals surface area contributed by atoms with Crippen molar-refractivity contribution in [1.82, 2.24) is 15.0 Å². The quantitative estimate of drug-likeness (QED) is 0.0124. The number of esters is 3. The minimum atomic E-state index is -0.528. The van der Waals surface area contributed by atoms with Crippen LogP contribution in [0.5, 0.6) is 0 Å². The standard InChI is InChI=1S/C65H90N10O9/c1-9-17-21-46(13-5)43-80-60(76)50-39-51(61(77)81-44-47(14-6)22-18-10-2)42-57(41-50)74-72-55-31-27-53(28-32-55)67-64-68-63(69-65(70-64)75-33-35-79-36-34-75)66-52-25-29-54(30-26-52)71-73-56-38-48(45-82-84-59(16-8)24-20-12-4)37-49(40-56)62(78)83-58(15-7)23-19-11-3/h25-32,37-42,46-47,58-59H,9-24,33-36,43-45H2,1-8H3,(H2,66,67,68,69,70). The number of aromatic nitrogens is 3. The Bertz CT molecular complexity index is 2800. The van der Waals surface area contributed by atoms with Gasteiger partial charge in [0.2, 0.25) is 17.8 Å². The number of hydrogen-bond acceptors (Lipinski definition) is 19. The third-order valence-electron chi connectivity index (χ3n) is 14.7. The first kappa shape index (κ1) is 65.9. The molecule has 0 aliphatic carbocycles. The summed E-state index contributed by atoms with van der Waals surface area (Å²) < 4.78 is 23.1. The van der Waals surface area contributed by atoms with Crippen molar-refractivity contribution in [2.45, 2.75) is 177 Å². The van der Waals surface area contributed by atoms with E-state index in [1.165, 1.54) is 6.07 Å². The highest BCUT2D eigenvalue weighted by Gasteiger charge is 2.21. The molecule has 84 heavy (non-hydrogen) atoms. The molecule has 1 aromatic heterocycles. The Labute approximate surface area is 497 Å². The topological polar surface area (TPSA) is 222 Å². The largest absolute Gasteiger partial charge is 0.462 e. The molecule has 0 amide bonds. The minimum Gasteiger partial charge on any atom is -0.462 e. The predicted molar refractivity (Wildman–Crippen MR) is 329 cm³/mol. The second-order valence-electron chi connectivity index (χ2n) is 21.4. The van der Waals surface area contributed by atoms with Crippen molar-refractivity contribution in [1.29, 1.82) is 0 Å². The molecule has 0 spiro atoms. The summed E-state index contributed by atoms with van der Waals surface area (Å²) in [5, 5.41) is 24.7. The lowest BCUT2D eigenvalue weighted by atomic mass is 10.0. The van der Waals surface area contributed by atoms with Crippen molar-refractivity contribution in [3.8, 4) is 0 Å². The van der Waals surface area contributed by atoms with Crippen LogP contribution in [0.25, 0.3) is 0 Å². The fraction of sp³-hybridized carbons (Fsp3) is 0.538. The number of morpholine rings is 1. The van der Waals surface area contributed by atoms with Crippen molar-refractivity contribution in [3.05, 3.63) is 107 Å². The van der Waals surface area contributed by atoms with E-state index in [0.717, 1.165) is 103 Å². The van der Waals surface area contributed by atoms with Gasteiger partial charge in [-0.3, -0.25) is 0 Å². The maximum absolute atomic E-state index is 13.5. The van der Waals surface area contributed by atoms with Crippen LogP contribution in [0.2, 0.25) is 0 Å². The molecule has 5 aromatic rings. The van der Waals surface area contributed by atoms with E-state index in [-0.39, 0.29) is 41.8 Å². The molecule has 19 nitrogen and oxygen atoms in total. The fourth-order valence-electron chi connectivity index (χ4n) is 9.23. The molecular formula is C65H90N10O9. The molecule has 4 unspecified atom stereocenters. The number of nitrogens with zero attached hydrogens (tertiary/aromatic N) is 8. The molecule has 1 fully saturated rings. The SMILES string of the molecule is CCCCC(CC)COC(=O)c1cc(N=Nc2ccc(Nc3nc(Nc4ccc(N=Nc5cc(COOC(CC)CCCC)cc(C(=O)OC(CC)CCCC)c5)cc4)nc(N4CCOCC4)n3)cc2)cc(C(=O)OCC(CC)CCCC)c1. The maximum atomic E-state index is 13.5. The van der Waals surface area contributed by atoms with E-state index in [9.17, 15) is 14.4 Å². The van der Waals surface area contributed by atoms with Crippen LogP contribution in [0, 0.1) is 11.8 Å². The highest BCUT2D eigenvalue weighted by molar-refractivity contribution is 5.97. The lowest BCUT2D eigenvalue weighted by Crippen LogP contribution is -2.37. The zero-order valence-electron chi connectivity index (χ0n) is 50.9. The number of hydrogen-bond donors (Lipinski definition) is 2. The van der Waals surface area contributed by atoms with E-state index in [1.807, 2.05) is 54.3 Å². The molecule has 6 rings (SSSR count). The number of rotatable bonds is 37.